The van der Waals surface area contributed by atoms with E-state index in [1.54, 1.807) is 6.26 Å². The fraction of sp³-hybridized carbons (Fsp3) is 0.333. The van der Waals surface area contributed by atoms with Gasteiger partial charge in [-0.15, -0.1) is 0 Å². The minimum absolute atomic E-state index is 0.721. The first-order valence-electron chi connectivity index (χ1n) is 6.30. The Bertz CT molecular complexity index is 557. The van der Waals surface area contributed by atoms with Crippen LogP contribution in [-0.4, -0.2) is 6.04 Å². The van der Waals surface area contributed by atoms with Crippen molar-refractivity contribution in [2.24, 2.45) is 0 Å². The predicted molar refractivity (Wildman–Crippen MR) is 76.4 cm³/mol. The van der Waals surface area contributed by atoms with Crippen LogP contribution >= 0.6 is 15.9 Å². The maximum atomic E-state index is 5.59. The van der Waals surface area contributed by atoms with Crippen molar-refractivity contribution in [3.63, 3.8) is 0 Å². The Kier molecular flexibility index (Phi) is 3.27. The molecule has 2 aromatic rings. The summed E-state index contributed by atoms with van der Waals surface area (Å²) < 4.78 is 6.61. The van der Waals surface area contributed by atoms with Gasteiger partial charge in [-0.05, 0) is 53.4 Å². The van der Waals surface area contributed by atoms with E-state index in [4.69, 9.17) is 4.42 Å². The number of furan rings is 1. The Morgan fingerprint density at radius 2 is 2.17 bits per heavy atom. The summed E-state index contributed by atoms with van der Waals surface area (Å²) in [6, 6.07) is 9.20. The van der Waals surface area contributed by atoms with E-state index in [1.165, 1.54) is 29.5 Å². The fourth-order valence-electron chi connectivity index (χ4n) is 2.08. The molecular formula is C15H16BrNO. The number of hydrogen-bond donors (Lipinski definition) is 1. The zero-order valence-electron chi connectivity index (χ0n) is 10.4. The Balaban J connectivity index is 1.94. The number of nitrogens with one attached hydrogen (secondary N) is 1. The van der Waals surface area contributed by atoms with Crippen molar-refractivity contribution in [1.82, 2.24) is 5.32 Å². The molecule has 0 unspecified atom stereocenters. The van der Waals surface area contributed by atoms with Crippen molar-refractivity contribution in [3.8, 4) is 11.3 Å². The SMILES string of the molecule is Cc1ccc(CNC2CC2)c(-c2occc2Br)c1. The van der Waals surface area contributed by atoms with E-state index in [2.05, 4.69) is 46.4 Å². The summed E-state index contributed by atoms with van der Waals surface area (Å²) >= 11 is 3.54. The molecule has 0 saturated heterocycles. The topological polar surface area (TPSA) is 25.2 Å². The maximum Gasteiger partial charge on any atom is 0.148 e. The molecule has 0 spiro atoms. The molecule has 3 heteroatoms. The van der Waals surface area contributed by atoms with Gasteiger partial charge in [0.25, 0.3) is 0 Å². The van der Waals surface area contributed by atoms with Gasteiger partial charge in [0.05, 0.1) is 10.7 Å². The third kappa shape index (κ3) is 2.52. The highest BCUT2D eigenvalue weighted by atomic mass is 79.9. The molecule has 3 rings (SSSR count). The van der Waals surface area contributed by atoms with Crippen LogP contribution in [0.4, 0.5) is 0 Å². The Labute approximate surface area is 116 Å². The molecule has 1 aliphatic rings. The van der Waals surface area contributed by atoms with E-state index in [1.807, 2.05) is 6.07 Å². The zero-order valence-corrected chi connectivity index (χ0v) is 12.0. The molecule has 1 fully saturated rings. The van der Waals surface area contributed by atoms with Gasteiger partial charge in [0.15, 0.2) is 0 Å². The molecule has 1 N–H and O–H groups in total. The number of halogens is 1. The van der Waals surface area contributed by atoms with Crippen LogP contribution in [0.15, 0.2) is 39.4 Å². The molecule has 0 bridgehead atoms. The molecule has 1 heterocycles. The van der Waals surface area contributed by atoms with Gasteiger partial charge in [-0.2, -0.15) is 0 Å². The highest BCUT2D eigenvalue weighted by Gasteiger charge is 2.21. The summed E-state index contributed by atoms with van der Waals surface area (Å²) in [7, 11) is 0. The first kappa shape index (κ1) is 12.0. The summed E-state index contributed by atoms with van der Waals surface area (Å²) in [6.45, 7) is 3.02. The third-order valence-corrected chi connectivity index (χ3v) is 3.91. The van der Waals surface area contributed by atoms with Gasteiger partial charge in [-0.3, -0.25) is 0 Å². The molecule has 94 valence electrons. The summed E-state index contributed by atoms with van der Waals surface area (Å²) in [5.41, 5.74) is 3.73. The first-order chi connectivity index (χ1) is 8.74. The van der Waals surface area contributed by atoms with Crippen LogP contribution in [0.5, 0.6) is 0 Å². The monoisotopic (exact) mass is 305 g/mol. The predicted octanol–water partition coefficient (Wildman–Crippen LogP) is 4.27. The van der Waals surface area contributed by atoms with Gasteiger partial charge < -0.3 is 9.73 Å². The lowest BCUT2D eigenvalue weighted by atomic mass is 10.0. The highest BCUT2D eigenvalue weighted by molar-refractivity contribution is 9.10. The minimum Gasteiger partial charge on any atom is -0.463 e. The standard InChI is InChI=1S/C15H16BrNO/c1-10-2-3-11(9-17-12-4-5-12)13(8-10)15-14(16)6-7-18-15/h2-3,6-8,12,17H,4-5,9H2,1H3. The van der Waals surface area contributed by atoms with Crippen LogP contribution in [0.3, 0.4) is 0 Å². The van der Waals surface area contributed by atoms with Gasteiger partial charge in [0, 0.05) is 18.2 Å². The molecule has 2 nitrogen and oxygen atoms in total. The van der Waals surface area contributed by atoms with Crippen molar-refractivity contribution in [1.29, 1.82) is 0 Å². The van der Waals surface area contributed by atoms with Crippen molar-refractivity contribution in [2.45, 2.75) is 32.4 Å². The van der Waals surface area contributed by atoms with E-state index in [0.29, 0.717) is 0 Å². The van der Waals surface area contributed by atoms with Crippen molar-refractivity contribution >= 4 is 15.9 Å². The largest absolute Gasteiger partial charge is 0.463 e. The minimum atomic E-state index is 0.721. The third-order valence-electron chi connectivity index (χ3n) is 3.29. The summed E-state index contributed by atoms with van der Waals surface area (Å²) in [5, 5.41) is 3.56. The Hall–Kier alpha value is -1.06. The van der Waals surface area contributed by atoms with Gasteiger partial charge in [-0.1, -0.05) is 17.7 Å². The molecule has 0 radical (unpaired) electrons. The van der Waals surface area contributed by atoms with E-state index in [9.17, 15) is 0 Å². The Morgan fingerprint density at radius 3 is 2.83 bits per heavy atom. The second-order valence-corrected chi connectivity index (χ2v) is 5.77. The lowest BCUT2D eigenvalue weighted by molar-refractivity contribution is 0.579. The second kappa shape index (κ2) is 4.90. The lowest BCUT2D eigenvalue weighted by Gasteiger charge is -2.10. The normalized spacial score (nSPS) is 15.0. The van der Waals surface area contributed by atoms with Crippen molar-refractivity contribution in [3.05, 3.63) is 46.1 Å². The van der Waals surface area contributed by atoms with E-state index in [0.717, 1.165) is 22.8 Å². The zero-order chi connectivity index (χ0) is 12.5. The van der Waals surface area contributed by atoms with Crippen LogP contribution < -0.4 is 5.32 Å². The van der Waals surface area contributed by atoms with Gasteiger partial charge in [0.2, 0.25) is 0 Å². The Morgan fingerprint density at radius 1 is 1.33 bits per heavy atom. The molecule has 0 aliphatic heterocycles. The maximum absolute atomic E-state index is 5.59. The van der Waals surface area contributed by atoms with Crippen LogP contribution in [0, 0.1) is 6.92 Å². The molecule has 0 amide bonds. The number of aryl methyl sites for hydroxylation is 1. The summed E-state index contributed by atoms with van der Waals surface area (Å²) in [4.78, 5) is 0. The van der Waals surface area contributed by atoms with Crippen LogP contribution in [-0.2, 0) is 6.54 Å². The van der Waals surface area contributed by atoms with E-state index in [-0.39, 0.29) is 0 Å². The fourth-order valence-corrected chi connectivity index (χ4v) is 2.50. The number of rotatable bonds is 4. The van der Waals surface area contributed by atoms with Gasteiger partial charge >= 0.3 is 0 Å². The first-order valence-corrected chi connectivity index (χ1v) is 7.09. The van der Waals surface area contributed by atoms with Crippen LogP contribution in [0.2, 0.25) is 0 Å². The molecule has 1 saturated carbocycles. The van der Waals surface area contributed by atoms with E-state index >= 15 is 0 Å². The van der Waals surface area contributed by atoms with Crippen LogP contribution in [0.25, 0.3) is 11.3 Å². The molecule has 1 aromatic heterocycles. The quantitative estimate of drug-likeness (QED) is 0.912. The average molecular weight is 306 g/mol. The second-order valence-electron chi connectivity index (χ2n) is 4.91. The molecule has 0 atom stereocenters. The molecule has 1 aliphatic carbocycles. The van der Waals surface area contributed by atoms with E-state index < -0.39 is 0 Å². The highest BCUT2D eigenvalue weighted by Crippen LogP contribution is 2.33. The van der Waals surface area contributed by atoms with Crippen molar-refractivity contribution < 1.29 is 4.42 Å². The van der Waals surface area contributed by atoms with Crippen molar-refractivity contribution in [2.75, 3.05) is 0 Å². The van der Waals surface area contributed by atoms with Crippen LogP contribution in [0.1, 0.15) is 24.0 Å². The lowest BCUT2D eigenvalue weighted by Crippen LogP contribution is -2.15. The number of benzene rings is 1. The summed E-state index contributed by atoms with van der Waals surface area (Å²) in [6.07, 6.45) is 4.34. The van der Waals surface area contributed by atoms with Gasteiger partial charge in [-0.25, -0.2) is 0 Å². The molecular weight excluding hydrogens is 290 g/mol. The smallest absolute Gasteiger partial charge is 0.148 e. The van der Waals surface area contributed by atoms with Gasteiger partial charge in [0.1, 0.15) is 5.76 Å². The average Bonchev–Trinajstić information content (AvgIpc) is 3.09. The summed E-state index contributed by atoms with van der Waals surface area (Å²) in [5.74, 6) is 0.922. The molecule has 1 aromatic carbocycles. The molecule has 18 heavy (non-hydrogen) atoms. The number of hydrogen-bond acceptors (Lipinski definition) is 2.